The van der Waals surface area contributed by atoms with E-state index in [9.17, 15) is 4.79 Å². The van der Waals surface area contributed by atoms with Crippen LogP contribution in [0.4, 0.5) is 11.6 Å². The van der Waals surface area contributed by atoms with E-state index >= 15 is 0 Å². The summed E-state index contributed by atoms with van der Waals surface area (Å²) in [7, 11) is 0. The summed E-state index contributed by atoms with van der Waals surface area (Å²) in [5.74, 6) is 1.51. The number of amides is 1. The van der Waals surface area contributed by atoms with Gasteiger partial charge < -0.3 is 10.2 Å². The fourth-order valence-corrected chi connectivity index (χ4v) is 3.35. The first-order valence-corrected chi connectivity index (χ1v) is 9.44. The second-order valence-corrected chi connectivity index (χ2v) is 7.62. The Labute approximate surface area is 155 Å². The van der Waals surface area contributed by atoms with Crippen LogP contribution in [-0.4, -0.2) is 33.9 Å². The Hall–Kier alpha value is -2.43. The Morgan fingerprint density at radius 1 is 1.23 bits per heavy atom. The Bertz CT molecular complexity index is 770. The molecule has 1 atom stereocenters. The van der Waals surface area contributed by atoms with Crippen LogP contribution in [0.3, 0.4) is 0 Å². The molecular weight excluding hydrogens is 324 g/mol. The van der Waals surface area contributed by atoms with Gasteiger partial charge in [0.1, 0.15) is 5.69 Å². The van der Waals surface area contributed by atoms with Crippen LogP contribution in [0, 0.1) is 12.8 Å². The number of nitrogens with zero attached hydrogens (tertiary/aromatic N) is 3. The van der Waals surface area contributed by atoms with Crippen molar-refractivity contribution in [2.75, 3.05) is 18.4 Å². The summed E-state index contributed by atoms with van der Waals surface area (Å²) in [6, 6.07) is 10.0. The van der Waals surface area contributed by atoms with Gasteiger partial charge in [0.15, 0.2) is 0 Å². The molecule has 26 heavy (non-hydrogen) atoms. The number of anilines is 2. The SMILES string of the molecule is Cc1cc(C(=O)N2CCCC(C)C2)nc(Nc2ccc(C(C)C)cc2)n1. The summed E-state index contributed by atoms with van der Waals surface area (Å²) in [5.41, 5.74) is 3.46. The molecular formula is C21H28N4O. The lowest BCUT2D eigenvalue weighted by atomic mass is 10.00. The molecule has 1 fully saturated rings. The second-order valence-electron chi connectivity index (χ2n) is 7.62. The molecule has 1 saturated heterocycles. The van der Waals surface area contributed by atoms with Gasteiger partial charge in [-0.3, -0.25) is 4.79 Å². The van der Waals surface area contributed by atoms with Crippen LogP contribution in [0.1, 0.15) is 61.3 Å². The van der Waals surface area contributed by atoms with Gasteiger partial charge in [0.25, 0.3) is 5.91 Å². The maximum absolute atomic E-state index is 12.8. The lowest BCUT2D eigenvalue weighted by molar-refractivity contribution is 0.0677. The highest BCUT2D eigenvalue weighted by molar-refractivity contribution is 5.92. The highest BCUT2D eigenvalue weighted by Crippen LogP contribution is 2.21. The minimum Gasteiger partial charge on any atom is -0.337 e. The second kappa shape index (κ2) is 7.85. The molecule has 2 aromatic rings. The van der Waals surface area contributed by atoms with Crippen molar-refractivity contribution in [2.45, 2.75) is 46.5 Å². The standard InChI is InChI=1S/C21H28N4O/c1-14(2)17-7-9-18(10-8-17)23-21-22-16(4)12-19(24-21)20(26)25-11-5-6-15(3)13-25/h7-10,12,14-15H,5-6,11,13H2,1-4H3,(H,22,23,24). The highest BCUT2D eigenvalue weighted by Gasteiger charge is 2.23. The smallest absolute Gasteiger partial charge is 0.272 e. The van der Waals surface area contributed by atoms with Crippen molar-refractivity contribution in [1.29, 1.82) is 0 Å². The van der Waals surface area contributed by atoms with Crippen molar-refractivity contribution >= 4 is 17.5 Å². The first-order chi connectivity index (χ1) is 12.4. The topological polar surface area (TPSA) is 58.1 Å². The van der Waals surface area contributed by atoms with E-state index in [4.69, 9.17) is 0 Å². The Morgan fingerprint density at radius 3 is 2.62 bits per heavy atom. The Balaban J connectivity index is 1.77. The van der Waals surface area contributed by atoms with Crippen molar-refractivity contribution in [3.05, 3.63) is 47.3 Å². The van der Waals surface area contributed by atoms with Gasteiger partial charge in [-0.05, 0) is 55.4 Å². The van der Waals surface area contributed by atoms with E-state index < -0.39 is 0 Å². The fourth-order valence-electron chi connectivity index (χ4n) is 3.35. The van der Waals surface area contributed by atoms with Crippen LogP contribution in [0.25, 0.3) is 0 Å². The number of likely N-dealkylation sites (tertiary alicyclic amines) is 1. The average molecular weight is 352 g/mol. The summed E-state index contributed by atoms with van der Waals surface area (Å²) in [6.45, 7) is 10.0. The molecule has 0 radical (unpaired) electrons. The van der Waals surface area contributed by atoms with Crippen molar-refractivity contribution in [1.82, 2.24) is 14.9 Å². The minimum absolute atomic E-state index is 0.000237. The molecule has 0 saturated carbocycles. The molecule has 1 amide bonds. The molecule has 1 aromatic heterocycles. The van der Waals surface area contributed by atoms with Gasteiger partial charge in [0.2, 0.25) is 5.95 Å². The molecule has 1 unspecified atom stereocenters. The van der Waals surface area contributed by atoms with Gasteiger partial charge in [0, 0.05) is 24.5 Å². The van der Waals surface area contributed by atoms with Gasteiger partial charge in [-0.15, -0.1) is 0 Å². The molecule has 5 heteroatoms. The number of benzene rings is 1. The lowest BCUT2D eigenvalue weighted by Gasteiger charge is -2.30. The molecule has 5 nitrogen and oxygen atoms in total. The third-order valence-electron chi connectivity index (χ3n) is 4.85. The molecule has 0 aliphatic carbocycles. The predicted octanol–water partition coefficient (Wildman–Crippen LogP) is 4.52. The molecule has 138 valence electrons. The normalized spacial score (nSPS) is 17.4. The van der Waals surface area contributed by atoms with E-state index in [-0.39, 0.29) is 5.91 Å². The van der Waals surface area contributed by atoms with E-state index in [0.717, 1.165) is 30.9 Å². The fraction of sp³-hybridized carbons (Fsp3) is 0.476. The van der Waals surface area contributed by atoms with E-state index in [2.05, 4.69) is 48.2 Å². The van der Waals surface area contributed by atoms with Crippen LogP contribution in [-0.2, 0) is 0 Å². The first kappa shape index (κ1) is 18.4. The molecule has 1 aliphatic heterocycles. The maximum atomic E-state index is 12.8. The van der Waals surface area contributed by atoms with E-state index in [1.807, 2.05) is 24.0 Å². The Kier molecular flexibility index (Phi) is 5.55. The van der Waals surface area contributed by atoms with E-state index in [0.29, 0.717) is 23.5 Å². The van der Waals surface area contributed by atoms with Crippen LogP contribution in [0.5, 0.6) is 0 Å². The van der Waals surface area contributed by atoms with Gasteiger partial charge >= 0.3 is 0 Å². The van der Waals surface area contributed by atoms with Crippen LogP contribution in [0.2, 0.25) is 0 Å². The first-order valence-electron chi connectivity index (χ1n) is 9.44. The summed E-state index contributed by atoms with van der Waals surface area (Å²) >= 11 is 0. The van der Waals surface area contributed by atoms with Gasteiger partial charge in [-0.2, -0.15) is 0 Å². The summed E-state index contributed by atoms with van der Waals surface area (Å²) in [5, 5.41) is 3.22. The number of carbonyl (C=O) groups excluding carboxylic acids is 1. The number of aryl methyl sites for hydroxylation is 1. The lowest BCUT2D eigenvalue weighted by Crippen LogP contribution is -2.39. The summed E-state index contributed by atoms with van der Waals surface area (Å²) < 4.78 is 0. The quantitative estimate of drug-likeness (QED) is 0.878. The average Bonchev–Trinajstić information content (AvgIpc) is 2.61. The number of hydrogen-bond donors (Lipinski definition) is 1. The third-order valence-corrected chi connectivity index (χ3v) is 4.85. The monoisotopic (exact) mass is 352 g/mol. The zero-order valence-electron chi connectivity index (χ0n) is 16.1. The zero-order chi connectivity index (χ0) is 18.7. The van der Waals surface area contributed by atoms with Crippen molar-refractivity contribution < 1.29 is 4.79 Å². The van der Waals surface area contributed by atoms with E-state index in [1.165, 1.54) is 12.0 Å². The summed E-state index contributed by atoms with van der Waals surface area (Å²) in [6.07, 6.45) is 2.25. The van der Waals surface area contributed by atoms with Gasteiger partial charge in [0.05, 0.1) is 0 Å². The van der Waals surface area contributed by atoms with Crippen molar-refractivity contribution in [3.63, 3.8) is 0 Å². The van der Waals surface area contributed by atoms with Crippen LogP contribution in [0.15, 0.2) is 30.3 Å². The minimum atomic E-state index is 0.000237. The molecule has 1 aliphatic rings. The number of hydrogen-bond acceptors (Lipinski definition) is 4. The molecule has 1 aromatic carbocycles. The largest absolute Gasteiger partial charge is 0.337 e. The van der Waals surface area contributed by atoms with Gasteiger partial charge in [-0.25, -0.2) is 9.97 Å². The molecule has 3 rings (SSSR count). The number of carbonyl (C=O) groups is 1. The number of nitrogens with one attached hydrogen (secondary N) is 1. The van der Waals surface area contributed by atoms with E-state index in [1.54, 1.807) is 6.07 Å². The van der Waals surface area contributed by atoms with Crippen molar-refractivity contribution in [2.24, 2.45) is 5.92 Å². The van der Waals surface area contributed by atoms with Crippen LogP contribution >= 0.6 is 0 Å². The molecule has 0 spiro atoms. The predicted molar refractivity (Wildman–Crippen MR) is 105 cm³/mol. The third kappa shape index (κ3) is 4.40. The molecule has 1 N–H and O–H groups in total. The van der Waals surface area contributed by atoms with Crippen LogP contribution < -0.4 is 5.32 Å². The number of rotatable bonds is 4. The number of piperidine rings is 1. The highest BCUT2D eigenvalue weighted by atomic mass is 16.2. The maximum Gasteiger partial charge on any atom is 0.272 e. The van der Waals surface area contributed by atoms with Crippen molar-refractivity contribution in [3.8, 4) is 0 Å². The molecule has 0 bridgehead atoms. The zero-order valence-corrected chi connectivity index (χ0v) is 16.1. The van der Waals surface area contributed by atoms with Gasteiger partial charge in [-0.1, -0.05) is 32.9 Å². The molecule has 2 heterocycles. The Morgan fingerprint density at radius 2 is 1.96 bits per heavy atom. The summed E-state index contributed by atoms with van der Waals surface area (Å²) in [4.78, 5) is 23.7. The number of aromatic nitrogens is 2.